The molecule has 0 unspecified atom stereocenters. The van der Waals surface area contributed by atoms with Crippen molar-refractivity contribution < 1.29 is 19.0 Å². The highest BCUT2D eigenvalue weighted by Gasteiger charge is 2.13. The molecule has 7 nitrogen and oxygen atoms in total. The monoisotopic (exact) mass is 469 g/mol. The Balaban J connectivity index is 1.52. The number of rotatable bonds is 12. The average molecular weight is 470 g/mol. The van der Waals surface area contributed by atoms with E-state index in [0.717, 1.165) is 11.1 Å². The molecule has 1 heterocycles. The predicted octanol–water partition coefficient (Wildman–Crippen LogP) is 4.63. The van der Waals surface area contributed by atoms with Crippen molar-refractivity contribution in [2.75, 3.05) is 31.7 Å². The molecule has 0 aliphatic rings. The van der Waals surface area contributed by atoms with Gasteiger partial charge in [-0.15, -0.1) is 0 Å². The largest absolute Gasteiger partial charge is 0.490 e. The van der Waals surface area contributed by atoms with Crippen LogP contribution in [0.15, 0.2) is 60.8 Å². The lowest BCUT2D eigenvalue weighted by molar-refractivity contribution is -0.118. The topological polar surface area (TPSA) is 81.7 Å². The quantitative estimate of drug-likeness (QED) is 0.376. The second-order valence-corrected chi connectivity index (χ2v) is 7.63. The van der Waals surface area contributed by atoms with Crippen LogP contribution in [0.2, 0.25) is 5.02 Å². The van der Waals surface area contributed by atoms with Crippen molar-refractivity contribution >= 4 is 23.2 Å². The molecule has 0 radical (unpaired) electrons. The first-order valence-corrected chi connectivity index (χ1v) is 11.1. The third kappa shape index (κ3) is 7.97. The van der Waals surface area contributed by atoms with E-state index in [1.165, 1.54) is 0 Å². The van der Waals surface area contributed by atoms with Crippen molar-refractivity contribution in [1.82, 2.24) is 10.3 Å². The zero-order valence-corrected chi connectivity index (χ0v) is 19.5. The maximum absolute atomic E-state index is 12.3. The number of pyridine rings is 1. The number of aryl methyl sites for hydroxylation is 1. The van der Waals surface area contributed by atoms with Gasteiger partial charge in [0.1, 0.15) is 6.61 Å². The number of halogens is 1. The smallest absolute Gasteiger partial charge is 0.262 e. The van der Waals surface area contributed by atoms with E-state index in [2.05, 4.69) is 15.6 Å². The number of carbonyl (C=O) groups excluding carboxylic acids is 1. The molecule has 1 amide bonds. The lowest BCUT2D eigenvalue weighted by atomic mass is 10.2. The van der Waals surface area contributed by atoms with Crippen LogP contribution in [-0.2, 0) is 11.3 Å². The van der Waals surface area contributed by atoms with Gasteiger partial charge in [-0.2, -0.15) is 0 Å². The number of ether oxygens (including phenoxy) is 3. The molecule has 8 heteroatoms. The molecule has 0 aliphatic heterocycles. The second kappa shape index (κ2) is 12.7. The number of anilines is 1. The molecule has 0 spiro atoms. The maximum atomic E-state index is 12.3. The van der Waals surface area contributed by atoms with Crippen molar-refractivity contribution in [3.05, 3.63) is 76.9 Å². The van der Waals surface area contributed by atoms with Gasteiger partial charge in [-0.05, 0) is 43.7 Å². The van der Waals surface area contributed by atoms with Gasteiger partial charge in [0, 0.05) is 42.1 Å². The van der Waals surface area contributed by atoms with Crippen LogP contribution in [-0.4, -0.2) is 37.3 Å². The fourth-order valence-corrected chi connectivity index (χ4v) is 3.17. The van der Waals surface area contributed by atoms with Gasteiger partial charge in [0.05, 0.1) is 6.61 Å². The van der Waals surface area contributed by atoms with Crippen LogP contribution in [0.1, 0.15) is 18.1 Å². The summed E-state index contributed by atoms with van der Waals surface area (Å²) in [6.07, 6.45) is 1.69. The number of hydrogen-bond acceptors (Lipinski definition) is 6. The van der Waals surface area contributed by atoms with Crippen molar-refractivity contribution in [3.63, 3.8) is 0 Å². The average Bonchev–Trinajstić information content (AvgIpc) is 2.82. The van der Waals surface area contributed by atoms with Gasteiger partial charge in [-0.3, -0.25) is 4.79 Å². The van der Waals surface area contributed by atoms with Crippen LogP contribution in [0.5, 0.6) is 17.4 Å². The van der Waals surface area contributed by atoms with E-state index in [0.29, 0.717) is 54.4 Å². The van der Waals surface area contributed by atoms with Gasteiger partial charge in [-0.1, -0.05) is 35.4 Å². The fourth-order valence-electron chi connectivity index (χ4n) is 2.95. The zero-order valence-electron chi connectivity index (χ0n) is 18.8. The number of benzene rings is 2. The van der Waals surface area contributed by atoms with E-state index in [9.17, 15) is 4.79 Å². The first kappa shape index (κ1) is 24.4. The van der Waals surface area contributed by atoms with Crippen molar-refractivity contribution in [2.24, 2.45) is 0 Å². The minimum Gasteiger partial charge on any atom is -0.490 e. The summed E-state index contributed by atoms with van der Waals surface area (Å²) in [6, 6.07) is 16.6. The molecule has 33 heavy (non-hydrogen) atoms. The maximum Gasteiger partial charge on any atom is 0.262 e. The van der Waals surface area contributed by atoms with Crippen molar-refractivity contribution in [3.8, 4) is 17.4 Å². The minimum absolute atomic E-state index is 0.160. The Kier molecular flexibility index (Phi) is 9.35. The minimum atomic E-state index is -0.268. The molecule has 1 aromatic heterocycles. The molecular formula is C25H28ClN3O4. The summed E-state index contributed by atoms with van der Waals surface area (Å²) < 4.78 is 17.0. The first-order valence-electron chi connectivity index (χ1n) is 10.7. The predicted molar refractivity (Wildman–Crippen MR) is 129 cm³/mol. The Morgan fingerprint density at radius 2 is 1.82 bits per heavy atom. The fraction of sp³-hybridized carbons (Fsp3) is 0.280. The van der Waals surface area contributed by atoms with E-state index in [1.54, 1.807) is 12.3 Å². The molecule has 2 N–H and O–H groups in total. The molecule has 0 fully saturated rings. The van der Waals surface area contributed by atoms with E-state index in [4.69, 9.17) is 25.8 Å². The van der Waals surface area contributed by atoms with Gasteiger partial charge >= 0.3 is 0 Å². The summed E-state index contributed by atoms with van der Waals surface area (Å²) in [5, 5.41) is 6.61. The standard InChI is InChI=1S/C25H28ClN3O4/c1-3-31-22-14-19(16-27-12-13-32-25-6-4-5-11-28-25)21(26)15-23(22)33-17-24(30)29-20-9-7-18(2)8-10-20/h4-11,14-15,27H,3,12-13,16-17H2,1-2H3,(H,29,30). The van der Waals surface area contributed by atoms with E-state index in [1.807, 2.05) is 62.4 Å². The van der Waals surface area contributed by atoms with Crippen molar-refractivity contribution in [2.45, 2.75) is 20.4 Å². The molecule has 3 aromatic rings. The number of hydrogen-bond donors (Lipinski definition) is 2. The number of nitrogens with zero attached hydrogens (tertiary/aromatic N) is 1. The highest BCUT2D eigenvalue weighted by molar-refractivity contribution is 6.31. The Bertz CT molecular complexity index is 1030. The third-order valence-electron chi connectivity index (χ3n) is 4.59. The Morgan fingerprint density at radius 1 is 1.03 bits per heavy atom. The molecule has 0 saturated heterocycles. The van der Waals surface area contributed by atoms with Gasteiger partial charge in [0.2, 0.25) is 5.88 Å². The lowest BCUT2D eigenvalue weighted by Gasteiger charge is -2.15. The van der Waals surface area contributed by atoms with E-state index >= 15 is 0 Å². The molecule has 3 rings (SSSR count). The lowest BCUT2D eigenvalue weighted by Crippen LogP contribution is -2.21. The summed E-state index contributed by atoms with van der Waals surface area (Å²) in [7, 11) is 0. The molecule has 174 valence electrons. The SMILES string of the molecule is CCOc1cc(CNCCOc2ccccn2)c(Cl)cc1OCC(=O)Nc1ccc(C)cc1. The summed E-state index contributed by atoms with van der Waals surface area (Å²) in [4.78, 5) is 16.4. The molecular weight excluding hydrogens is 442 g/mol. The van der Waals surface area contributed by atoms with Crippen LogP contribution in [0.4, 0.5) is 5.69 Å². The molecule has 0 atom stereocenters. The molecule has 0 aliphatic carbocycles. The van der Waals surface area contributed by atoms with Gasteiger partial charge in [-0.25, -0.2) is 4.98 Å². The van der Waals surface area contributed by atoms with Crippen LogP contribution < -0.4 is 24.8 Å². The zero-order chi connectivity index (χ0) is 23.5. The second-order valence-electron chi connectivity index (χ2n) is 7.22. The number of amides is 1. The normalized spacial score (nSPS) is 10.5. The third-order valence-corrected chi connectivity index (χ3v) is 4.94. The van der Waals surface area contributed by atoms with Gasteiger partial charge in [0.15, 0.2) is 18.1 Å². The summed E-state index contributed by atoms with van der Waals surface area (Å²) in [5.74, 6) is 1.27. The summed E-state index contributed by atoms with van der Waals surface area (Å²) in [6.45, 7) is 5.79. The molecule has 0 bridgehead atoms. The van der Waals surface area contributed by atoms with Crippen LogP contribution >= 0.6 is 11.6 Å². The number of aromatic nitrogens is 1. The Labute approximate surface area is 199 Å². The highest BCUT2D eigenvalue weighted by Crippen LogP contribution is 2.33. The summed E-state index contributed by atoms with van der Waals surface area (Å²) >= 11 is 6.45. The number of carbonyl (C=O) groups is 1. The number of nitrogens with one attached hydrogen (secondary N) is 2. The first-order chi connectivity index (χ1) is 16.0. The summed E-state index contributed by atoms with van der Waals surface area (Å²) in [5.41, 5.74) is 2.69. The Hall–Kier alpha value is -3.29. The highest BCUT2D eigenvalue weighted by atomic mass is 35.5. The van der Waals surface area contributed by atoms with Crippen LogP contribution in [0.25, 0.3) is 0 Å². The van der Waals surface area contributed by atoms with E-state index in [-0.39, 0.29) is 12.5 Å². The van der Waals surface area contributed by atoms with E-state index < -0.39 is 0 Å². The molecule has 2 aromatic carbocycles. The van der Waals surface area contributed by atoms with Crippen LogP contribution in [0.3, 0.4) is 0 Å². The van der Waals surface area contributed by atoms with Gasteiger partial charge in [0.25, 0.3) is 5.91 Å². The van der Waals surface area contributed by atoms with Crippen molar-refractivity contribution in [1.29, 1.82) is 0 Å². The van der Waals surface area contributed by atoms with Gasteiger partial charge < -0.3 is 24.8 Å². The molecule has 0 saturated carbocycles. The Morgan fingerprint density at radius 3 is 2.55 bits per heavy atom. The van der Waals surface area contributed by atoms with Crippen LogP contribution in [0, 0.1) is 6.92 Å².